The summed E-state index contributed by atoms with van der Waals surface area (Å²) in [6.45, 7) is 7.60. The van der Waals surface area contributed by atoms with Crippen LogP contribution in [0.3, 0.4) is 0 Å². The SMILES string of the molecule is CCc1c(-c2csc(Br)c2)sc(C(=O)OC(C)(C)C)c1N. The van der Waals surface area contributed by atoms with Gasteiger partial charge in [-0.15, -0.1) is 22.7 Å². The zero-order chi connectivity index (χ0) is 15.8. The molecular formula is C15H18BrNO2S2. The summed E-state index contributed by atoms with van der Waals surface area (Å²) in [5, 5.41) is 2.06. The van der Waals surface area contributed by atoms with Crippen molar-refractivity contribution >= 4 is 50.3 Å². The summed E-state index contributed by atoms with van der Waals surface area (Å²) in [4.78, 5) is 13.9. The van der Waals surface area contributed by atoms with E-state index < -0.39 is 5.60 Å². The molecule has 0 fully saturated rings. The summed E-state index contributed by atoms with van der Waals surface area (Å²) in [6, 6.07) is 2.05. The molecule has 0 saturated carbocycles. The van der Waals surface area contributed by atoms with Crippen LogP contribution in [0.15, 0.2) is 15.2 Å². The van der Waals surface area contributed by atoms with Crippen LogP contribution in [0.25, 0.3) is 10.4 Å². The second-order valence-electron chi connectivity index (χ2n) is 5.65. The molecule has 0 atom stereocenters. The van der Waals surface area contributed by atoms with Crippen LogP contribution in [0.2, 0.25) is 0 Å². The number of thiophene rings is 2. The zero-order valence-electron chi connectivity index (χ0n) is 12.5. The predicted molar refractivity (Wildman–Crippen MR) is 94.3 cm³/mol. The van der Waals surface area contributed by atoms with Crippen LogP contribution in [0, 0.1) is 0 Å². The third-order valence-electron chi connectivity index (χ3n) is 2.82. The van der Waals surface area contributed by atoms with Crippen molar-refractivity contribution in [3.05, 3.63) is 25.7 Å². The molecule has 0 saturated heterocycles. The van der Waals surface area contributed by atoms with Crippen molar-refractivity contribution in [3.8, 4) is 10.4 Å². The third-order valence-corrected chi connectivity index (χ3v) is 5.60. The lowest BCUT2D eigenvalue weighted by Crippen LogP contribution is -2.23. The van der Waals surface area contributed by atoms with E-state index in [9.17, 15) is 4.79 Å². The number of carbonyl (C=O) groups is 1. The fraction of sp³-hybridized carbons (Fsp3) is 0.400. The van der Waals surface area contributed by atoms with Crippen molar-refractivity contribution in [3.63, 3.8) is 0 Å². The highest BCUT2D eigenvalue weighted by atomic mass is 79.9. The van der Waals surface area contributed by atoms with E-state index in [-0.39, 0.29) is 5.97 Å². The third kappa shape index (κ3) is 3.67. The van der Waals surface area contributed by atoms with Gasteiger partial charge >= 0.3 is 5.97 Å². The predicted octanol–water partition coefficient (Wildman–Crippen LogP) is 5.34. The molecule has 0 bridgehead atoms. The Morgan fingerprint density at radius 1 is 1.43 bits per heavy atom. The maximum atomic E-state index is 12.3. The zero-order valence-corrected chi connectivity index (χ0v) is 15.7. The fourth-order valence-corrected chi connectivity index (χ4v) is 4.36. The molecule has 0 aromatic carbocycles. The Kier molecular flexibility index (Phi) is 4.80. The van der Waals surface area contributed by atoms with Crippen LogP contribution in [0.1, 0.15) is 42.9 Å². The van der Waals surface area contributed by atoms with Gasteiger partial charge in [0.25, 0.3) is 0 Å². The van der Waals surface area contributed by atoms with E-state index in [1.54, 1.807) is 11.3 Å². The van der Waals surface area contributed by atoms with Gasteiger partial charge in [-0.25, -0.2) is 4.79 Å². The van der Waals surface area contributed by atoms with Crippen molar-refractivity contribution in [2.75, 3.05) is 5.73 Å². The molecule has 2 rings (SSSR count). The summed E-state index contributed by atoms with van der Waals surface area (Å²) in [5.41, 5.74) is 8.32. The molecule has 0 radical (unpaired) electrons. The number of esters is 1. The van der Waals surface area contributed by atoms with Crippen LogP contribution in [0.5, 0.6) is 0 Å². The van der Waals surface area contributed by atoms with E-state index in [2.05, 4.69) is 21.3 Å². The first-order valence-corrected chi connectivity index (χ1v) is 9.10. The lowest BCUT2D eigenvalue weighted by molar-refractivity contribution is 0.00763. The van der Waals surface area contributed by atoms with Gasteiger partial charge in [0.1, 0.15) is 10.5 Å². The minimum absolute atomic E-state index is 0.347. The standard InChI is InChI=1S/C15H18BrNO2S2/c1-5-9-11(17)13(14(18)19-15(2,3)4)21-12(9)8-6-10(16)20-7-8/h6-7H,5,17H2,1-4H3. The number of halogens is 1. The van der Waals surface area contributed by atoms with Gasteiger partial charge in [0.2, 0.25) is 0 Å². The Morgan fingerprint density at radius 3 is 2.57 bits per heavy atom. The number of carbonyl (C=O) groups excluding carboxylic acids is 1. The van der Waals surface area contributed by atoms with Gasteiger partial charge in [-0.3, -0.25) is 0 Å². The monoisotopic (exact) mass is 387 g/mol. The number of hydrogen-bond acceptors (Lipinski definition) is 5. The molecule has 21 heavy (non-hydrogen) atoms. The van der Waals surface area contributed by atoms with E-state index >= 15 is 0 Å². The Morgan fingerprint density at radius 2 is 2.10 bits per heavy atom. The molecule has 114 valence electrons. The van der Waals surface area contributed by atoms with E-state index in [1.165, 1.54) is 11.3 Å². The number of ether oxygens (including phenoxy) is 1. The minimum atomic E-state index is -0.522. The summed E-state index contributed by atoms with van der Waals surface area (Å²) in [6.07, 6.45) is 0.786. The normalized spacial score (nSPS) is 11.7. The summed E-state index contributed by atoms with van der Waals surface area (Å²) >= 11 is 6.50. The largest absolute Gasteiger partial charge is 0.456 e. The van der Waals surface area contributed by atoms with Gasteiger partial charge in [0.05, 0.1) is 9.47 Å². The molecule has 2 N–H and O–H groups in total. The fourth-order valence-electron chi connectivity index (χ4n) is 1.97. The lowest BCUT2D eigenvalue weighted by Gasteiger charge is -2.19. The van der Waals surface area contributed by atoms with E-state index in [0.29, 0.717) is 10.6 Å². The average Bonchev–Trinajstić information content (AvgIpc) is 2.90. The number of anilines is 1. The Hall–Kier alpha value is -0.850. The first-order valence-electron chi connectivity index (χ1n) is 6.61. The van der Waals surface area contributed by atoms with Crippen LogP contribution in [-0.2, 0) is 11.2 Å². The van der Waals surface area contributed by atoms with Gasteiger partial charge in [0.15, 0.2) is 0 Å². The van der Waals surface area contributed by atoms with Crippen LogP contribution in [0.4, 0.5) is 5.69 Å². The van der Waals surface area contributed by atoms with Crippen LogP contribution < -0.4 is 5.73 Å². The van der Waals surface area contributed by atoms with Crippen molar-refractivity contribution < 1.29 is 9.53 Å². The molecule has 0 unspecified atom stereocenters. The highest BCUT2D eigenvalue weighted by Gasteiger charge is 2.25. The van der Waals surface area contributed by atoms with Gasteiger partial charge in [0, 0.05) is 15.8 Å². The number of hydrogen-bond donors (Lipinski definition) is 1. The van der Waals surface area contributed by atoms with Gasteiger partial charge in [-0.05, 0) is 54.8 Å². The van der Waals surface area contributed by atoms with Crippen molar-refractivity contribution in [2.24, 2.45) is 0 Å². The van der Waals surface area contributed by atoms with Crippen LogP contribution >= 0.6 is 38.6 Å². The number of nitrogens with two attached hydrogens (primary N) is 1. The Labute approximate surface area is 141 Å². The van der Waals surface area contributed by atoms with Crippen molar-refractivity contribution in [1.82, 2.24) is 0 Å². The molecule has 2 aromatic heterocycles. The van der Waals surface area contributed by atoms with E-state index in [0.717, 1.165) is 26.2 Å². The van der Waals surface area contributed by atoms with Crippen molar-refractivity contribution in [1.29, 1.82) is 0 Å². The molecule has 0 amide bonds. The molecular weight excluding hydrogens is 370 g/mol. The number of rotatable bonds is 3. The molecule has 0 aliphatic rings. The summed E-state index contributed by atoms with van der Waals surface area (Å²) < 4.78 is 6.50. The molecule has 0 spiro atoms. The summed E-state index contributed by atoms with van der Waals surface area (Å²) in [7, 11) is 0. The quantitative estimate of drug-likeness (QED) is 0.723. The Balaban J connectivity index is 2.45. The minimum Gasteiger partial charge on any atom is -0.456 e. The molecule has 2 aromatic rings. The molecule has 3 nitrogen and oxygen atoms in total. The second-order valence-corrected chi connectivity index (χ2v) is 8.96. The highest BCUT2D eigenvalue weighted by molar-refractivity contribution is 9.11. The smallest absolute Gasteiger partial charge is 0.351 e. The number of nitrogen functional groups attached to an aromatic ring is 1. The summed E-state index contributed by atoms with van der Waals surface area (Å²) in [5.74, 6) is -0.347. The molecule has 0 aliphatic carbocycles. The average molecular weight is 388 g/mol. The topological polar surface area (TPSA) is 52.3 Å². The molecule has 2 heterocycles. The highest BCUT2D eigenvalue weighted by Crippen LogP contribution is 2.42. The first-order chi connectivity index (χ1) is 9.73. The Bertz CT molecular complexity index is 668. The molecule has 0 aliphatic heterocycles. The van der Waals surface area contributed by atoms with Crippen molar-refractivity contribution in [2.45, 2.75) is 39.7 Å². The lowest BCUT2D eigenvalue weighted by atomic mass is 10.1. The van der Waals surface area contributed by atoms with Gasteiger partial charge in [-0.1, -0.05) is 6.92 Å². The maximum absolute atomic E-state index is 12.3. The van der Waals surface area contributed by atoms with E-state index in [1.807, 2.05) is 33.8 Å². The second kappa shape index (κ2) is 6.10. The van der Waals surface area contributed by atoms with Crippen LogP contribution in [-0.4, -0.2) is 11.6 Å². The van der Waals surface area contributed by atoms with Gasteiger partial charge in [-0.2, -0.15) is 0 Å². The first kappa shape index (κ1) is 16.5. The van der Waals surface area contributed by atoms with E-state index in [4.69, 9.17) is 10.5 Å². The molecule has 6 heteroatoms. The maximum Gasteiger partial charge on any atom is 0.351 e. The van der Waals surface area contributed by atoms with Gasteiger partial charge < -0.3 is 10.5 Å².